The molecule has 0 radical (unpaired) electrons. The molecule has 0 saturated carbocycles. The van der Waals surface area contributed by atoms with Crippen LogP contribution in [0.3, 0.4) is 0 Å². The normalized spacial score (nSPS) is 12.3. The average molecular weight is 283 g/mol. The predicted molar refractivity (Wildman–Crippen MR) is 78.1 cm³/mol. The first kappa shape index (κ1) is 16.9. The lowest BCUT2D eigenvalue weighted by atomic mass is 10.1. The summed E-state index contributed by atoms with van der Waals surface area (Å²) >= 11 is 0. The summed E-state index contributed by atoms with van der Waals surface area (Å²) in [6.07, 6.45) is 0. The molecule has 114 valence electrons. The summed E-state index contributed by atoms with van der Waals surface area (Å²) in [6, 6.07) is 7.85. The van der Waals surface area contributed by atoms with E-state index in [2.05, 4.69) is 0 Å². The third kappa shape index (κ3) is 7.45. The zero-order valence-corrected chi connectivity index (χ0v) is 12.3. The van der Waals surface area contributed by atoms with Crippen LogP contribution in [0.25, 0.3) is 0 Å². The van der Waals surface area contributed by atoms with E-state index in [1.165, 1.54) is 0 Å². The molecular formula is C15H25NO4. The Kier molecular flexibility index (Phi) is 8.98. The first-order chi connectivity index (χ1) is 9.74. The molecule has 1 rings (SSSR count). The molecule has 20 heavy (non-hydrogen) atoms. The molecule has 5 nitrogen and oxygen atoms in total. The molecule has 0 aromatic heterocycles. The second kappa shape index (κ2) is 10.6. The van der Waals surface area contributed by atoms with Crippen LogP contribution in [0.1, 0.15) is 18.5 Å². The quantitative estimate of drug-likeness (QED) is 0.627. The smallest absolute Gasteiger partial charge is 0.119 e. The maximum Gasteiger partial charge on any atom is 0.119 e. The van der Waals surface area contributed by atoms with Crippen LogP contribution in [0.4, 0.5) is 0 Å². The molecular weight excluding hydrogens is 258 g/mol. The molecule has 0 amide bonds. The van der Waals surface area contributed by atoms with Gasteiger partial charge in [-0.1, -0.05) is 12.1 Å². The van der Waals surface area contributed by atoms with E-state index in [1.54, 1.807) is 7.11 Å². The lowest BCUT2D eigenvalue weighted by Crippen LogP contribution is -2.12. The van der Waals surface area contributed by atoms with Crippen LogP contribution in [0, 0.1) is 0 Å². The zero-order chi connectivity index (χ0) is 14.6. The topological polar surface area (TPSA) is 62.9 Å². The van der Waals surface area contributed by atoms with Gasteiger partial charge in [0.25, 0.3) is 0 Å². The lowest BCUT2D eigenvalue weighted by molar-refractivity contribution is 0.0180. The van der Waals surface area contributed by atoms with Gasteiger partial charge in [0, 0.05) is 13.2 Å². The van der Waals surface area contributed by atoms with Gasteiger partial charge in [0.2, 0.25) is 0 Å². The molecule has 1 aromatic carbocycles. The molecule has 0 spiro atoms. The SMILES string of the molecule is COCCOCCOCCOc1ccc([C@H](C)N)cc1. The van der Waals surface area contributed by atoms with E-state index in [1.807, 2.05) is 31.2 Å². The van der Waals surface area contributed by atoms with Crippen LogP contribution in [-0.2, 0) is 14.2 Å². The summed E-state index contributed by atoms with van der Waals surface area (Å²) in [7, 11) is 1.65. The molecule has 0 aliphatic carbocycles. The van der Waals surface area contributed by atoms with Crippen molar-refractivity contribution in [2.45, 2.75) is 13.0 Å². The Labute approximate surface area is 121 Å². The van der Waals surface area contributed by atoms with Gasteiger partial charge < -0.3 is 24.7 Å². The number of hydrogen-bond acceptors (Lipinski definition) is 5. The van der Waals surface area contributed by atoms with E-state index in [9.17, 15) is 0 Å². The van der Waals surface area contributed by atoms with Crippen molar-refractivity contribution in [1.29, 1.82) is 0 Å². The molecule has 0 aliphatic rings. The summed E-state index contributed by atoms with van der Waals surface area (Å²) in [6.45, 7) is 5.38. The van der Waals surface area contributed by atoms with Crippen molar-refractivity contribution in [3.63, 3.8) is 0 Å². The highest BCUT2D eigenvalue weighted by atomic mass is 16.6. The first-order valence-electron chi connectivity index (χ1n) is 6.87. The van der Waals surface area contributed by atoms with Crippen molar-refractivity contribution >= 4 is 0 Å². The molecule has 5 heteroatoms. The van der Waals surface area contributed by atoms with Gasteiger partial charge in [-0.3, -0.25) is 0 Å². The summed E-state index contributed by atoms with van der Waals surface area (Å²) in [5, 5.41) is 0. The molecule has 1 atom stereocenters. The molecule has 0 bridgehead atoms. The molecule has 0 fully saturated rings. The van der Waals surface area contributed by atoms with Gasteiger partial charge in [-0.25, -0.2) is 0 Å². The van der Waals surface area contributed by atoms with Crippen molar-refractivity contribution < 1.29 is 18.9 Å². The monoisotopic (exact) mass is 283 g/mol. The van der Waals surface area contributed by atoms with E-state index in [0.717, 1.165) is 11.3 Å². The van der Waals surface area contributed by atoms with Gasteiger partial charge in [0.1, 0.15) is 12.4 Å². The fourth-order valence-corrected chi connectivity index (χ4v) is 1.55. The van der Waals surface area contributed by atoms with Crippen LogP contribution in [0.15, 0.2) is 24.3 Å². The van der Waals surface area contributed by atoms with Gasteiger partial charge in [-0.05, 0) is 24.6 Å². The summed E-state index contributed by atoms with van der Waals surface area (Å²) in [5.41, 5.74) is 6.88. The van der Waals surface area contributed by atoms with Gasteiger partial charge in [-0.15, -0.1) is 0 Å². The second-order valence-electron chi connectivity index (χ2n) is 4.42. The molecule has 0 unspecified atom stereocenters. The number of ether oxygens (including phenoxy) is 4. The minimum absolute atomic E-state index is 0.0468. The van der Waals surface area contributed by atoms with Crippen LogP contribution in [0.5, 0.6) is 5.75 Å². The van der Waals surface area contributed by atoms with Gasteiger partial charge >= 0.3 is 0 Å². The first-order valence-corrected chi connectivity index (χ1v) is 6.87. The van der Waals surface area contributed by atoms with Gasteiger partial charge in [0.05, 0.1) is 33.0 Å². The average Bonchev–Trinajstić information content (AvgIpc) is 2.46. The minimum atomic E-state index is 0.0468. The van der Waals surface area contributed by atoms with Crippen molar-refractivity contribution in [2.24, 2.45) is 5.73 Å². The van der Waals surface area contributed by atoms with E-state index >= 15 is 0 Å². The van der Waals surface area contributed by atoms with Crippen molar-refractivity contribution in [3.8, 4) is 5.75 Å². The van der Waals surface area contributed by atoms with E-state index in [0.29, 0.717) is 39.6 Å². The van der Waals surface area contributed by atoms with Crippen molar-refractivity contribution in [2.75, 3.05) is 46.8 Å². The predicted octanol–water partition coefficient (Wildman–Crippen LogP) is 1.76. The minimum Gasteiger partial charge on any atom is -0.491 e. The van der Waals surface area contributed by atoms with Crippen LogP contribution in [-0.4, -0.2) is 46.8 Å². The fourth-order valence-electron chi connectivity index (χ4n) is 1.55. The Morgan fingerprint density at radius 3 is 2.00 bits per heavy atom. The number of benzene rings is 1. The molecule has 0 saturated heterocycles. The second-order valence-corrected chi connectivity index (χ2v) is 4.42. The van der Waals surface area contributed by atoms with E-state index < -0.39 is 0 Å². The Morgan fingerprint density at radius 1 is 0.900 bits per heavy atom. The highest BCUT2D eigenvalue weighted by Crippen LogP contribution is 2.15. The van der Waals surface area contributed by atoms with Crippen molar-refractivity contribution in [3.05, 3.63) is 29.8 Å². The Hall–Kier alpha value is -1.14. The van der Waals surface area contributed by atoms with Crippen molar-refractivity contribution in [1.82, 2.24) is 0 Å². The maximum atomic E-state index is 5.78. The molecule has 0 aliphatic heterocycles. The lowest BCUT2D eigenvalue weighted by Gasteiger charge is -2.09. The Bertz CT molecular complexity index is 340. The maximum absolute atomic E-state index is 5.78. The number of rotatable bonds is 11. The molecule has 2 N–H and O–H groups in total. The van der Waals surface area contributed by atoms with Gasteiger partial charge in [0.15, 0.2) is 0 Å². The van der Waals surface area contributed by atoms with E-state index in [4.69, 9.17) is 24.7 Å². The summed E-state index contributed by atoms with van der Waals surface area (Å²) in [4.78, 5) is 0. The number of nitrogens with two attached hydrogens (primary N) is 1. The number of methoxy groups -OCH3 is 1. The number of hydrogen-bond donors (Lipinski definition) is 1. The zero-order valence-electron chi connectivity index (χ0n) is 12.3. The van der Waals surface area contributed by atoms with Crippen LogP contribution < -0.4 is 10.5 Å². The molecule has 1 aromatic rings. The highest BCUT2D eigenvalue weighted by molar-refractivity contribution is 5.28. The van der Waals surface area contributed by atoms with Gasteiger partial charge in [-0.2, -0.15) is 0 Å². The van der Waals surface area contributed by atoms with E-state index in [-0.39, 0.29) is 6.04 Å². The van der Waals surface area contributed by atoms with Crippen LogP contribution in [0.2, 0.25) is 0 Å². The third-order valence-electron chi connectivity index (χ3n) is 2.71. The fraction of sp³-hybridized carbons (Fsp3) is 0.600. The molecule has 0 heterocycles. The largest absolute Gasteiger partial charge is 0.491 e. The Balaban J connectivity index is 2.01. The highest BCUT2D eigenvalue weighted by Gasteiger charge is 1.99. The summed E-state index contributed by atoms with van der Waals surface area (Å²) in [5.74, 6) is 0.828. The van der Waals surface area contributed by atoms with Crippen LogP contribution >= 0.6 is 0 Å². The Morgan fingerprint density at radius 2 is 1.45 bits per heavy atom. The third-order valence-corrected chi connectivity index (χ3v) is 2.71. The standard InChI is InChI=1S/C15H25NO4/c1-13(16)14-3-5-15(6-4-14)20-12-11-19-10-9-18-8-7-17-2/h3-6,13H,7-12,16H2,1-2H3/t13-/m0/s1. The summed E-state index contributed by atoms with van der Waals surface area (Å²) < 4.78 is 21.1.